The summed E-state index contributed by atoms with van der Waals surface area (Å²) >= 11 is 0. The fraction of sp³-hybridized carbons (Fsp3) is 0.884. The molecule has 0 fully saturated rings. The Bertz CT molecular complexity index is 680. The molecule has 0 rings (SSSR count). The highest BCUT2D eigenvalue weighted by Crippen LogP contribution is 2.18. The van der Waals surface area contributed by atoms with Crippen LogP contribution >= 0.6 is 0 Å². The first-order chi connectivity index (χ1) is 23.7. The quantitative estimate of drug-likeness (QED) is 0.0502. The Morgan fingerprint density at radius 1 is 0.542 bits per heavy atom. The van der Waals surface area contributed by atoms with Gasteiger partial charge in [0.05, 0.1) is 13.2 Å². The number of amides is 1. The fourth-order valence-electron chi connectivity index (χ4n) is 6.27. The third kappa shape index (κ3) is 39.1. The smallest absolute Gasteiger partial charge is 0.407 e. The molecule has 0 bridgehead atoms. The maximum Gasteiger partial charge on any atom is 0.407 e. The van der Waals surface area contributed by atoms with Crippen molar-refractivity contribution in [3.63, 3.8) is 0 Å². The van der Waals surface area contributed by atoms with E-state index in [1.54, 1.807) is 0 Å². The SMILES string of the molecule is CCCCC/C=C\C/C=C\CCCCCCCC(CCCCCCCCCCCCCCCCCCC)OC(=O)NCCCOCCO. The molecule has 1 unspecified atom stereocenters. The van der Waals surface area contributed by atoms with Crippen LogP contribution in [0.4, 0.5) is 4.79 Å². The van der Waals surface area contributed by atoms with Crippen LogP contribution in [0.1, 0.15) is 213 Å². The van der Waals surface area contributed by atoms with Crippen LogP contribution in [0, 0.1) is 0 Å². The van der Waals surface area contributed by atoms with E-state index in [-0.39, 0.29) is 18.8 Å². The largest absolute Gasteiger partial charge is 0.446 e. The number of nitrogens with one attached hydrogen (secondary N) is 1. The van der Waals surface area contributed by atoms with E-state index in [2.05, 4.69) is 43.5 Å². The lowest BCUT2D eigenvalue weighted by Crippen LogP contribution is -2.30. The summed E-state index contributed by atoms with van der Waals surface area (Å²) in [5.41, 5.74) is 0. The van der Waals surface area contributed by atoms with Crippen molar-refractivity contribution < 1.29 is 19.4 Å². The molecule has 0 aromatic carbocycles. The highest BCUT2D eigenvalue weighted by molar-refractivity contribution is 5.67. The minimum atomic E-state index is -0.295. The van der Waals surface area contributed by atoms with E-state index >= 15 is 0 Å². The first kappa shape index (κ1) is 46.7. The number of aliphatic hydroxyl groups excluding tert-OH is 1. The molecule has 1 amide bonds. The Hall–Kier alpha value is -1.33. The van der Waals surface area contributed by atoms with Gasteiger partial charge in [-0.15, -0.1) is 0 Å². The third-order valence-electron chi connectivity index (χ3n) is 9.35. The van der Waals surface area contributed by atoms with E-state index in [1.807, 2.05) is 0 Å². The van der Waals surface area contributed by atoms with Crippen LogP contribution in [0.3, 0.4) is 0 Å². The number of hydrogen-bond donors (Lipinski definition) is 2. The molecule has 0 aliphatic carbocycles. The molecule has 0 aliphatic heterocycles. The Kier molecular flexibility index (Phi) is 40.7. The van der Waals surface area contributed by atoms with Crippen LogP contribution in [0.15, 0.2) is 24.3 Å². The number of hydrogen-bond acceptors (Lipinski definition) is 4. The monoisotopic (exact) mass is 678 g/mol. The van der Waals surface area contributed by atoms with Gasteiger partial charge in [-0.3, -0.25) is 0 Å². The number of rotatable bonds is 39. The van der Waals surface area contributed by atoms with Crippen molar-refractivity contribution in [3.8, 4) is 0 Å². The molecule has 5 nitrogen and oxygen atoms in total. The van der Waals surface area contributed by atoms with Crippen LogP contribution in [0.2, 0.25) is 0 Å². The van der Waals surface area contributed by atoms with Crippen molar-refractivity contribution >= 4 is 6.09 Å². The average Bonchev–Trinajstić information content (AvgIpc) is 3.09. The molecule has 5 heteroatoms. The zero-order chi connectivity index (χ0) is 34.9. The molecule has 0 saturated heterocycles. The van der Waals surface area contributed by atoms with Crippen molar-refractivity contribution in [1.82, 2.24) is 5.32 Å². The maximum absolute atomic E-state index is 12.5. The van der Waals surface area contributed by atoms with Crippen molar-refractivity contribution in [2.45, 2.75) is 219 Å². The molecule has 0 aliphatic rings. The normalized spacial score (nSPS) is 12.4. The molecule has 0 spiro atoms. The molecule has 284 valence electrons. The number of alkyl carbamates (subject to hydrolysis) is 1. The summed E-state index contributed by atoms with van der Waals surface area (Å²) in [6, 6.07) is 0. The van der Waals surface area contributed by atoms with Gasteiger partial charge < -0.3 is 19.9 Å². The Morgan fingerprint density at radius 2 is 0.958 bits per heavy atom. The molecule has 0 aromatic rings. The Balaban J connectivity index is 4.00. The van der Waals surface area contributed by atoms with E-state index in [4.69, 9.17) is 14.6 Å². The number of ether oxygens (including phenoxy) is 2. The molecular weight excluding hydrogens is 594 g/mol. The lowest BCUT2D eigenvalue weighted by molar-refractivity contribution is 0.0789. The second-order valence-electron chi connectivity index (χ2n) is 14.1. The van der Waals surface area contributed by atoms with Crippen molar-refractivity contribution in [2.75, 3.05) is 26.4 Å². The van der Waals surface area contributed by atoms with Gasteiger partial charge in [0, 0.05) is 13.2 Å². The molecular formula is C43H83NO4. The predicted molar refractivity (Wildman–Crippen MR) is 209 cm³/mol. The van der Waals surface area contributed by atoms with E-state index in [1.165, 1.54) is 161 Å². The number of unbranched alkanes of at least 4 members (excludes halogenated alkanes) is 24. The highest BCUT2D eigenvalue weighted by atomic mass is 16.6. The minimum Gasteiger partial charge on any atom is -0.446 e. The number of aliphatic hydroxyl groups is 1. The lowest BCUT2D eigenvalue weighted by atomic mass is 10.0. The summed E-state index contributed by atoms with van der Waals surface area (Å²) in [4.78, 5) is 12.5. The van der Waals surface area contributed by atoms with Gasteiger partial charge in [-0.1, -0.05) is 173 Å². The summed E-state index contributed by atoms with van der Waals surface area (Å²) in [5.74, 6) is 0. The molecule has 0 heterocycles. The number of allylic oxidation sites excluding steroid dienone is 4. The summed E-state index contributed by atoms with van der Waals surface area (Å²) in [6.45, 7) is 6.00. The van der Waals surface area contributed by atoms with Gasteiger partial charge in [-0.25, -0.2) is 4.79 Å². The van der Waals surface area contributed by atoms with E-state index in [9.17, 15) is 4.79 Å². The summed E-state index contributed by atoms with van der Waals surface area (Å²) in [7, 11) is 0. The third-order valence-corrected chi connectivity index (χ3v) is 9.35. The molecule has 0 saturated carbocycles. The zero-order valence-electron chi connectivity index (χ0n) is 32.3. The van der Waals surface area contributed by atoms with Crippen molar-refractivity contribution in [1.29, 1.82) is 0 Å². The maximum atomic E-state index is 12.5. The first-order valence-corrected chi connectivity index (χ1v) is 21.2. The molecule has 1 atom stereocenters. The van der Waals surface area contributed by atoms with Crippen LogP contribution < -0.4 is 5.32 Å². The Morgan fingerprint density at radius 3 is 1.44 bits per heavy atom. The van der Waals surface area contributed by atoms with E-state index < -0.39 is 0 Å². The van der Waals surface area contributed by atoms with Crippen LogP contribution in [-0.4, -0.2) is 43.7 Å². The van der Waals surface area contributed by atoms with Gasteiger partial charge >= 0.3 is 6.09 Å². The standard InChI is InChI=1S/C43H83NO4/c1-3-5-7-9-11-13-15-17-19-20-22-24-26-28-30-32-34-37-42(48-43(46)44-38-35-40-47-41-39-45)36-33-31-29-27-25-23-21-18-16-14-12-10-8-6-4-2/h12,14,18,21,42,45H,3-11,13,15-17,19-20,22-41H2,1-2H3,(H,44,46)/b14-12-,21-18-. The van der Waals surface area contributed by atoms with Gasteiger partial charge in [-0.2, -0.15) is 0 Å². The van der Waals surface area contributed by atoms with Crippen LogP contribution in [-0.2, 0) is 9.47 Å². The second kappa shape index (κ2) is 41.8. The minimum absolute atomic E-state index is 0.0185. The Labute approximate surface area is 299 Å². The molecule has 0 aromatic heterocycles. The van der Waals surface area contributed by atoms with Gasteiger partial charge in [0.25, 0.3) is 0 Å². The summed E-state index contributed by atoms with van der Waals surface area (Å²) in [5, 5.41) is 11.7. The topological polar surface area (TPSA) is 67.8 Å². The van der Waals surface area contributed by atoms with Gasteiger partial charge in [0.1, 0.15) is 6.10 Å². The highest BCUT2D eigenvalue weighted by Gasteiger charge is 2.14. The first-order valence-electron chi connectivity index (χ1n) is 21.2. The number of carbonyl (C=O) groups excluding carboxylic acids is 1. The fourth-order valence-corrected chi connectivity index (χ4v) is 6.27. The number of carbonyl (C=O) groups is 1. The van der Waals surface area contributed by atoms with Gasteiger partial charge in [-0.05, 0) is 64.2 Å². The molecule has 0 radical (unpaired) electrons. The molecule has 2 N–H and O–H groups in total. The van der Waals surface area contributed by atoms with Crippen molar-refractivity contribution in [2.24, 2.45) is 0 Å². The second-order valence-corrected chi connectivity index (χ2v) is 14.1. The zero-order valence-corrected chi connectivity index (χ0v) is 32.3. The van der Waals surface area contributed by atoms with Gasteiger partial charge in [0.15, 0.2) is 0 Å². The summed E-state index contributed by atoms with van der Waals surface area (Å²) in [6.07, 6.45) is 48.7. The van der Waals surface area contributed by atoms with E-state index in [0.717, 1.165) is 38.5 Å². The lowest BCUT2D eigenvalue weighted by Gasteiger charge is -2.18. The van der Waals surface area contributed by atoms with Crippen LogP contribution in [0.5, 0.6) is 0 Å². The predicted octanol–water partition coefficient (Wildman–Crippen LogP) is 13.3. The summed E-state index contributed by atoms with van der Waals surface area (Å²) < 4.78 is 11.2. The van der Waals surface area contributed by atoms with Crippen molar-refractivity contribution in [3.05, 3.63) is 24.3 Å². The molecule has 48 heavy (non-hydrogen) atoms. The van der Waals surface area contributed by atoms with E-state index in [0.29, 0.717) is 19.8 Å². The van der Waals surface area contributed by atoms with Crippen LogP contribution in [0.25, 0.3) is 0 Å². The average molecular weight is 678 g/mol. The van der Waals surface area contributed by atoms with Gasteiger partial charge in [0.2, 0.25) is 0 Å².